The Morgan fingerprint density at radius 3 is 3.08 bits per heavy atom. The molecule has 0 aromatic rings. The van der Waals surface area contributed by atoms with Crippen LogP contribution in [0.3, 0.4) is 0 Å². The Balaban J connectivity index is 2.43. The number of ether oxygens (including phenoxy) is 2. The Labute approximate surface area is 80.0 Å². The van der Waals surface area contributed by atoms with Crippen molar-refractivity contribution in [3.8, 4) is 0 Å². The number of hydrogen-bond acceptors (Lipinski definition) is 4. The largest absolute Gasteiger partial charge is 0.383 e. The van der Waals surface area contributed by atoms with Gasteiger partial charge in [0.05, 0.1) is 19.8 Å². The second-order valence-electron chi connectivity index (χ2n) is 3.51. The van der Waals surface area contributed by atoms with Crippen molar-refractivity contribution in [2.24, 2.45) is 5.73 Å². The highest BCUT2D eigenvalue weighted by molar-refractivity contribution is 4.80. The van der Waals surface area contributed by atoms with E-state index < -0.39 is 0 Å². The molecule has 1 saturated heterocycles. The van der Waals surface area contributed by atoms with Gasteiger partial charge in [-0.1, -0.05) is 0 Å². The monoisotopic (exact) mass is 188 g/mol. The number of hydrogen-bond donors (Lipinski definition) is 1. The Morgan fingerprint density at radius 2 is 2.46 bits per heavy atom. The van der Waals surface area contributed by atoms with Crippen molar-refractivity contribution >= 4 is 0 Å². The van der Waals surface area contributed by atoms with Gasteiger partial charge in [-0.3, -0.25) is 4.90 Å². The molecule has 0 aromatic carbocycles. The van der Waals surface area contributed by atoms with Crippen molar-refractivity contribution in [3.05, 3.63) is 0 Å². The third kappa shape index (κ3) is 2.91. The first kappa shape index (κ1) is 10.9. The van der Waals surface area contributed by atoms with Gasteiger partial charge in [0.15, 0.2) is 0 Å². The van der Waals surface area contributed by atoms with Crippen LogP contribution in [0.5, 0.6) is 0 Å². The fourth-order valence-corrected chi connectivity index (χ4v) is 1.79. The average molecular weight is 188 g/mol. The van der Waals surface area contributed by atoms with E-state index >= 15 is 0 Å². The van der Waals surface area contributed by atoms with Crippen LogP contribution in [0, 0.1) is 0 Å². The van der Waals surface area contributed by atoms with Crippen molar-refractivity contribution in [2.45, 2.75) is 19.0 Å². The lowest BCUT2D eigenvalue weighted by Crippen LogP contribution is -2.54. The SMILES string of the molecule is COCC(C)N1CCOCC1CN. The lowest BCUT2D eigenvalue weighted by molar-refractivity contribution is -0.0363. The van der Waals surface area contributed by atoms with Crippen molar-refractivity contribution in [1.29, 1.82) is 0 Å². The molecule has 0 radical (unpaired) electrons. The van der Waals surface area contributed by atoms with Crippen LogP contribution in [-0.4, -0.2) is 57.0 Å². The molecule has 1 fully saturated rings. The maximum Gasteiger partial charge on any atom is 0.0634 e. The normalized spacial score (nSPS) is 27.5. The predicted octanol–water partition coefficient (Wildman–Crippen LogP) is -0.319. The minimum Gasteiger partial charge on any atom is -0.383 e. The molecular weight excluding hydrogens is 168 g/mol. The van der Waals surface area contributed by atoms with Gasteiger partial charge in [-0.15, -0.1) is 0 Å². The highest BCUT2D eigenvalue weighted by Gasteiger charge is 2.25. The minimum absolute atomic E-state index is 0.360. The van der Waals surface area contributed by atoms with E-state index in [9.17, 15) is 0 Å². The molecule has 4 nitrogen and oxygen atoms in total. The number of nitrogens with zero attached hydrogens (tertiary/aromatic N) is 1. The van der Waals surface area contributed by atoms with Gasteiger partial charge in [0.1, 0.15) is 0 Å². The maximum absolute atomic E-state index is 5.67. The van der Waals surface area contributed by atoms with E-state index in [1.54, 1.807) is 7.11 Å². The number of methoxy groups -OCH3 is 1. The molecule has 2 atom stereocenters. The van der Waals surface area contributed by atoms with E-state index in [0.29, 0.717) is 18.6 Å². The van der Waals surface area contributed by atoms with Gasteiger partial charge in [0, 0.05) is 32.3 Å². The van der Waals surface area contributed by atoms with E-state index in [-0.39, 0.29) is 0 Å². The maximum atomic E-state index is 5.67. The van der Waals surface area contributed by atoms with E-state index in [1.165, 1.54) is 0 Å². The Morgan fingerprint density at radius 1 is 1.69 bits per heavy atom. The molecule has 13 heavy (non-hydrogen) atoms. The number of nitrogens with two attached hydrogens (primary N) is 1. The second kappa shape index (κ2) is 5.54. The predicted molar refractivity (Wildman–Crippen MR) is 51.7 cm³/mol. The Kier molecular flexibility index (Phi) is 4.66. The summed E-state index contributed by atoms with van der Waals surface area (Å²) >= 11 is 0. The lowest BCUT2D eigenvalue weighted by atomic mass is 10.1. The molecular formula is C9H20N2O2. The van der Waals surface area contributed by atoms with Gasteiger partial charge >= 0.3 is 0 Å². The molecule has 1 rings (SSSR count). The lowest BCUT2D eigenvalue weighted by Gasteiger charge is -2.38. The van der Waals surface area contributed by atoms with Crippen LogP contribution in [0.4, 0.5) is 0 Å². The first-order chi connectivity index (χ1) is 6.29. The van der Waals surface area contributed by atoms with Crippen LogP contribution < -0.4 is 5.73 Å². The smallest absolute Gasteiger partial charge is 0.0634 e. The van der Waals surface area contributed by atoms with Gasteiger partial charge in [-0.25, -0.2) is 0 Å². The van der Waals surface area contributed by atoms with Gasteiger partial charge in [-0.05, 0) is 6.92 Å². The number of morpholine rings is 1. The highest BCUT2D eigenvalue weighted by Crippen LogP contribution is 2.10. The van der Waals surface area contributed by atoms with E-state index in [4.69, 9.17) is 15.2 Å². The zero-order valence-electron chi connectivity index (χ0n) is 8.53. The van der Waals surface area contributed by atoms with Gasteiger partial charge in [0.2, 0.25) is 0 Å². The van der Waals surface area contributed by atoms with E-state index in [2.05, 4.69) is 11.8 Å². The van der Waals surface area contributed by atoms with Crippen LogP contribution in [0.25, 0.3) is 0 Å². The Bertz CT molecular complexity index is 144. The number of rotatable bonds is 4. The molecule has 2 N–H and O–H groups in total. The Hall–Kier alpha value is -0.160. The summed E-state index contributed by atoms with van der Waals surface area (Å²) in [6.07, 6.45) is 0. The molecule has 0 bridgehead atoms. The summed E-state index contributed by atoms with van der Waals surface area (Å²) in [5.74, 6) is 0. The van der Waals surface area contributed by atoms with Crippen LogP contribution >= 0.6 is 0 Å². The summed E-state index contributed by atoms with van der Waals surface area (Å²) in [5.41, 5.74) is 5.67. The molecule has 0 aliphatic carbocycles. The van der Waals surface area contributed by atoms with Crippen LogP contribution in [0.1, 0.15) is 6.92 Å². The standard InChI is InChI=1S/C9H20N2O2/c1-8(6-12-2)11-3-4-13-7-9(11)5-10/h8-9H,3-7,10H2,1-2H3. The molecule has 2 unspecified atom stereocenters. The summed E-state index contributed by atoms with van der Waals surface area (Å²) in [7, 11) is 1.73. The molecule has 0 amide bonds. The van der Waals surface area contributed by atoms with Crippen LogP contribution in [-0.2, 0) is 9.47 Å². The van der Waals surface area contributed by atoms with Crippen molar-refractivity contribution in [2.75, 3.05) is 40.0 Å². The summed E-state index contributed by atoms with van der Waals surface area (Å²) in [5, 5.41) is 0. The van der Waals surface area contributed by atoms with Gasteiger partial charge < -0.3 is 15.2 Å². The molecule has 0 saturated carbocycles. The highest BCUT2D eigenvalue weighted by atomic mass is 16.5. The molecule has 1 heterocycles. The second-order valence-corrected chi connectivity index (χ2v) is 3.51. The summed E-state index contributed by atoms with van der Waals surface area (Å²) in [6, 6.07) is 0.793. The fourth-order valence-electron chi connectivity index (χ4n) is 1.79. The molecule has 0 spiro atoms. The molecule has 78 valence electrons. The van der Waals surface area contributed by atoms with Crippen molar-refractivity contribution < 1.29 is 9.47 Å². The van der Waals surface area contributed by atoms with E-state index in [1.807, 2.05) is 0 Å². The average Bonchev–Trinajstić information content (AvgIpc) is 2.18. The molecule has 1 aliphatic heterocycles. The van der Waals surface area contributed by atoms with Crippen molar-refractivity contribution in [3.63, 3.8) is 0 Å². The topological polar surface area (TPSA) is 47.7 Å². The first-order valence-corrected chi connectivity index (χ1v) is 4.82. The van der Waals surface area contributed by atoms with Crippen molar-refractivity contribution in [1.82, 2.24) is 4.90 Å². The van der Waals surface area contributed by atoms with E-state index in [0.717, 1.165) is 26.4 Å². The quantitative estimate of drug-likeness (QED) is 0.657. The first-order valence-electron chi connectivity index (χ1n) is 4.82. The summed E-state index contributed by atoms with van der Waals surface area (Å²) in [4.78, 5) is 2.37. The molecule has 4 heteroatoms. The fraction of sp³-hybridized carbons (Fsp3) is 1.00. The minimum atomic E-state index is 0.360. The van der Waals surface area contributed by atoms with Crippen LogP contribution in [0.15, 0.2) is 0 Å². The third-order valence-electron chi connectivity index (χ3n) is 2.52. The van der Waals surface area contributed by atoms with Crippen LogP contribution in [0.2, 0.25) is 0 Å². The van der Waals surface area contributed by atoms with Gasteiger partial charge in [0.25, 0.3) is 0 Å². The third-order valence-corrected chi connectivity index (χ3v) is 2.52. The summed E-state index contributed by atoms with van der Waals surface area (Å²) < 4.78 is 10.5. The summed E-state index contributed by atoms with van der Waals surface area (Å²) in [6.45, 7) is 6.11. The molecule has 1 aliphatic rings. The molecule has 0 aromatic heterocycles. The zero-order chi connectivity index (χ0) is 9.68. The van der Waals surface area contributed by atoms with Gasteiger partial charge in [-0.2, -0.15) is 0 Å². The zero-order valence-corrected chi connectivity index (χ0v) is 8.53.